The van der Waals surface area contributed by atoms with Gasteiger partial charge in [-0.2, -0.15) is 5.10 Å². The van der Waals surface area contributed by atoms with Crippen molar-refractivity contribution in [3.8, 4) is 5.69 Å². The van der Waals surface area contributed by atoms with E-state index in [0.717, 1.165) is 28.0 Å². The lowest BCUT2D eigenvalue weighted by molar-refractivity contribution is 0.652. The zero-order valence-electron chi connectivity index (χ0n) is 15.3. The number of H-pyrrole nitrogens is 1. The van der Waals surface area contributed by atoms with Crippen molar-refractivity contribution in [2.75, 3.05) is 0 Å². The predicted octanol–water partition coefficient (Wildman–Crippen LogP) is 4.69. The summed E-state index contributed by atoms with van der Waals surface area (Å²) in [4.78, 5) is 13.4. The lowest BCUT2D eigenvalue weighted by Crippen LogP contribution is -2.28. The lowest BCUT2D eigenvalue weighted by Gasteiger charge is -2.22. The topological polar surface area (TPSA) is 62.7 Å². The van der Waals surface area contributed by atoms with Crippen molar-refractivity contribution in [3.05, 3.63) is 100 Å². The summed E-state index contributed by atoms with van der Waals surface area (Å²) in [5.74, 6) is 0. The molecule has 140 valence electrons. The van der Waals surface area contributed by atoms with E-state index in [9.17, 15) is 4.79 Å². The van der Waals surface area contributed by atoms with Crippen molar-refractivity contribution >= 4 is 28.1 Å². The Morgan fingerprint density at radius 1 is 1.21 bits per heavy atom. The number of benzene rings is 2. The third-order valence-electron chi connectivity index (χ3n) is 4.72. The van der Waals surface area contributed by atoms with Crippen LogP contribution in [0, 0.1) is 0 Å². The molecule has 0 aliphatic carbocycles. The first-order chi connectivity index (χ1) is 13.6. The fraction of sp³-hybridized carbons (Fsp3) is 0.0909. The normalized spacial score (nSPS) is 12.1. The van der Waals surface area contributed by atoms with Crippen molar-refractivity contribution in [2.45, 2.75) is 13.0 Å². The average molecular weight is 391 g/mol. The van der Waals surface area contributed by atoms with Gasteiger partial charge < -0.3 is 5.32 Å². The zero-order chi connectivity index (χ0) is 19.7. The van der Waals surface area contributed by atoms with E-state index in [4.69, 9.17) is 11.6 Å². The van der Waals surface area contributed by atoms with Crippen molar-refractivity contribution in [3.63, 3.8) is 0 Å². The van der Waals surface area contributed by atoms with Gasteiger partial charge in [0.2, 0.25) is 0 Å². The van der Waals surface area contributed by atoms with Gasteiger partial charge in [0, 0.05) is 28.8 Å². The quantitative estimate of drug-likeness (QED) is 0.519. The molecular formula is C22H19ClN4O. The second kappa shape index (κ2) is 7.37. The molecule has 0 fully saturated rings. The number of aromatic amines is 1. The van der Waals surface area contributed by atoms with Crippen molar-refractivity contribution in [1.82, 2.24) is 20.1 Å². The first-order valence-corrected chi connectivity index (χ1v) is 9.28. The highest BCUT2D eigenvalue weighted by Crippen LogP contribution is 2.26. The van der Waals surface area contributed by atoms with Crippen LogP contribution in [0.3, 0.4) is 0 Å². The standard InChI is InChI=1S/C22H19ClN4O/c1-14(17-12-24-25-13-17)26-15(2)20-11-16-7-6-10-19(23)21(16)22(28)27(20)18-8-4-3-5-9-18/h3-13,15,26H,1H2,2H3,(H,24,25)/t15-/m0/s1. The fourth-order valence-electron chi connectivity index (χ4n) is 3.34. The Kier molecular flexibility index (Phi) is 4.75. The average Bonchev–Trinajstić information content (AvgIpc) is 3.23. The second-order valence-corrected chi connectivity index (χ2v) is 6.99. The molecule has 2 aromatic carbocycles. The van der Waals surface area contributed by atoms with Gasteiger partial charge in [-0.3, -0.25) is 14.5 Å². The van der Waals surface area contributed by atoms with Gasteiger partial charge in [0.25, 0.3) is 5.56 Å². The molecule has 0 spiro atoms. The van der Waals surface area contributed by atoms with Gasteiger partial charge in [-0.05, 0) is 36.6 Å². The molecule has 0 aliphatic rings. The summed E-state index contributed by atoms with van der Waals surface area (Å²) >= 11 is 6.35. The van der Waals surface area contributed by atoms with Crippen LogP contribution in [-0.4, -0.2) is 14.8 Å². The van der Waals surface area contributed by atoms with Crippen LogP contribution in [0.25, 0.3) is 22.2 Å². The third-order valence-corrected chi connectivity index (χ3v) is 5.03. The maximum atomic E-state index is 13.4. The molecule has 4 aromatic rings. The first-order valence-electron chi connectivity index (χ1n) is 8.90. The number of nitrogens with zero attached hydrogens (tertiary/aromatic N) is 2. The highest BCUT2D eigenvalue weighted by atomic mass is 35.5. The minimum absolute atomic E-state index is 0.146. The molecule has 0 unspecified atom stereocenters. The van der Waals surface area contributed by atoms with Gasteiger partial charge in [0.15, 0.2) is 0 Å². The molecule has 28 heavy (non-hydrogen) atoms. The summed E-state index contributed by atoms with van der Waals surface area (Å²) in [7, 11) is 0. The Morgan fingerprint density at radius 3 is 2.71 bits per heavy atom. The third kappa shape index (κ3) is 3.21. The van der Waals surface area contributed by atoms with E-state index in [1.165, 1.54) is 0 Å². The smallest absolute Gasteiger partial charge is 0.264 e. The number of pyridine rings is 1. The van der Waals surface area contributed by atoms with E-state index in [2.05, 4.69) is 22.1 Å². The highest BCUT2D eigenvalue weighted by Gasteiger charge is 2.18. The van der Waals surface area contributed by atoms with Crippen LogP contribution in [0.5, 0.6) is 0 Å². The Balaban J connectivity index is 1.89. The Hall–Kier alpha value is -3.31. The Bertz CT molecular complexity index is 1200. The van der Waals surface area contributed by atoms with Crippen LogP contribution in [0.1, 0.15) is 24.2 Å². The molecule has 0 radical (unpaired) electrons. The molecule has 2 heterocycles. The minimum atomic E-state index is -0.182. The molecule has 0 aliphatic heterocycles. The van der Waals surface area contributed by atoms with E-state index in [0.29, 0.717) is 10.4 Å². The zero-order valence-corrected chi connectivity index (χ0v) is 16.1. The molecular weight excluding hydrogens is 372 g/mol. The number of rotatable bonds is 5. The molecule has 5 nitrogen and oxygen atoms in total. The van der Waals surface area contributed by atoms with Gasteiger partial charge in [-0.1, -0.05) is 48.5 Å². The van der Waals surface area contributed by atoms with Crippen LogP contribution in [0.4, 0.5) is 0 Å². The summed E-state index contributed by atoms with van der Waals surface area (Å²) in [5.41, 5.74) is 3.04. The summed E-state index contributed by atoms with van der Waals surface area (Å²) in [6.45, 7) is 6.08. The van der Waals surface area contributed by atoms with Crippen LogP contribution in [0.15, 0.2) is 78.4 Å². The van der Waals surface area contributed by atoms with E-state index in [1.54, 1.807) is 23.0 Å². The van der Waals surface area contributed by atoms with Gasteiger partial charge in [-0.15, -0.1) is 0 Å². The number of para-hydroxylation sites is 1. The Morgan fingerprint density at radius 2 is 2.00 bits per heavy atom. The van der Waals surface area contributed by atoms with Crippen molar-refractivity contribution in [2.24, 2.45) is 0 Å². The SMILES string of the molecule is C=C(N[C@@H](C)c1cc2cccc(Cl)c2c(=O)n1-c1ccccc1)c1cn[nH]c1. The number of nitrogens with one attached hydrogen (secondary N) is 2. The Labute approximate surface area is 167 Å². The number of hydrogen-bond donors (Lipinski definition) is 2. The van der Waals surface area contributed by atoms with E-state index in [-0.39, 0.29) is 11.6 Å². The minimum Gasteiger partial charge on any atom is -0.377 e. The molecule has 0 amide bonds. The van der Waals surface area contributed by atoms with Gasteiger partial charge >= 0.3 is 0 Å². The largest absolute Gasteiger partial charge is 0.377 e. The van der Waals surface area contributed by atoms with Crippen molar-refractivity contribution < 1.29 is 0 Å². The fourth-order valence-corrected chi connectivity index (χ4v) is 3.60. The first kappa shape index (κ1) is 18.1. The van der Waals surface area contributed by atoms with Crippen LogP contribution in [0.2, 0.25) is 5.02 Å². The maximum absolute atomic E-state index is 13.4. The number of aromatic nitrogens is 3. The van der Waals surface area contributed by atoms with E-state index in [1.807, 2.05) is 55.5 Å². The van der Waals surface area contributed by atoms with Crippen molar-refractivity contribution in [1.29, 1.82) is 0 Å². The summed E-state index contributed by atoms with van der Waals surface area (Å²) < 4.78 is 1.70. The second-order valence-electron chi connectivity index (χ2n) is 6.58. The molecule has 4 rings (SSSR count). The van der Waals surface area contributed by atoms with E-state index >= 15 is 0 Å². The van der Waals surface area contributed by atoms with Crippen LogP contribution < -0.4 is 10.9 Å². The predicted molar refractivity (Wildman–Crippen MR) is 114 cm³/mol. The molecule has 2 aromatic heterocycles. The monoisotopic (exact) mass is 390 g/mol. The van der Waals surface area contributed by atoms with Crippen LogP contribution in [-0.2, 0) is 0 Å². The summed E-state index contributed by atoms with van der Waals surface area (Å²) in [6, 6.07) is 16.9. The summed E-state index contributed by atoms with van der Waals surface area (Å²) in [5, 5.41) is 11.9. The van der Waals surface area contributed by atoms with Crippen LogP contribution >= 0.6 is 11.6 Å². The van der Waals surface area contributed by atoms with Gasteiger partial charge in [0.05, 0.1) is 22.6 Å². The molecule has 2 N–H and O–H groups in total. The van der Waals surface area contributed by atoms with E-state index < -0.39 is 0 Å². The highest BCUT2D eigenvalue weighted by molar-refractivity contribution is 6.35. The van der Waals surface area contributed by atoms with Gasteiger partial charge in [0.1, 0.15) is 0 Å². The molecule has 1 atom stereocenters. The maximum Gasteiger partial charge on any atom is 0.264 e. The molecule has 0 saturated heterocycles. The molecule has 6 heteroatoms. The molecule has 0 saturated carbocycles. The number of halogens is 1. The number of fused-ring (bicyclic) bond motifs is 1. The molecule has 0 bridgehead atoms. The number of hydrogen-bond acceptors (Lipinski definition) is 3. The lowest BCUT2D eigenvalue weighted by atomic mass is 10.1. The van der Waals surface area contributed by atoms with Gasteiger partial charge in [-0.25, -0.2) is 0 Å². The summed E-state index contributed by atoms with van der Waals surface area (Å²) in [6.07, 6.45) is 3.47.